The van der Waals surface area contributed by atoms with Gasteiger partial charge in [-0.25, -0.2) is 32.0 Å². The summed E-state index contributed by atoms with van der Waals surface area (Å²) in [5.74, 6) is -10.0. The highest BCUT2D eigenvalue weighted by atomic mass is 19.4. The number of nitrogens with zero attached hydrogens (tertiary/aromatic N) is 7. The second-order valence-corrected chi connectivity index (χ2v) is 12.7. The molecule has 6 rings (SSSR count). The van der Waals surface area contributed by atoms with E-state index >= 15 is 0 Å². The number of nitrogens with one attached hydrogen (secondary N) is 2. The Morgan fingerprint density at radius 3 is 2.49 bits per heavy atom. The average molecular weight is 674 g/mol. The predicted molar refractivity (Wildman–Crippen MR) is 150 cm³/mol. The fourth-order valence-corrected chi connectivity index (χ4v) is 6.65. The second-order valence-electron chi connectivity index (χ2n) is 12.7. The number of hydrogen-bond acceptors (Lipinski definition) is 7. The summed E-state index contributed by atoms with van der Waals surface area (Å²) in [6.07, 6.45) is -2.86. The fourth-order valence-electron chi connectivity index (χ4n) is 6.65. The number of halogens is 7. The van der Waals surface area contributed by atoms with E-state index in [-0.39, 0.29) is 67.2 Å². The van der Waals surface area contributed by atoms with E-state index in [1.165, 1.54) is 32.6 Å². The first-order valence-corrected chi connectivity index (χ1v) is 15.5. The van der Waals surface area contributed by atoms with Crippen molar-refractivity contribution in [2.24, 2.45) is 17.8 Å². The van der Waals surface area contributed by atoms with Crippen LogP contribution in [0.25, 0.3) is 5.78 Å². The number of amides is 2. The molecule has 0 aromatic carbocycles. The summed E-state index contributed by atoms with van der Waals surface area (Å²) in [4.78, 5) is 36.5. The number of carbonyl (C=O) groups excluding carboxylic acids is 2. The van der Waals surface area contributed by atoms with Crippen LogP contribution in [0.1, 0.15) is 72.6 Å². The molecule has 1 aliphatic carbocycles. The lowest BCUT2D eigenvalue weighted by atomic mass is 9.81. The maximum atomic E-state index is 14.1. The van der Waals surface area contributed by atoms with Gasteiger partial charge in [0.05, 0.1) is 48.3 Å². The summed E-state index contributed by atoms with van der Waals surface area (Å²) in [6.45, 7) is 0.480. The molecule has 11 nitrogen and oxygen atoms in total. The van der Waals surface area contributed by atoms with E-state index in [4.69, 9.17) is 0 Å². The van der Waals surface area contributed by atoms with Gasteiger partial charge in [-0.2, -0.15) is 23.4 Å². The number of fused-ring (bicyclic) bond motifs is 1. The molecule has 2 amide bonds. The molecule has 0 spiro atoms. The highest BCUT2D eigenvalue weighted by molar-refractivity contribution is 5.92. The maximum Gasteiger partial charge on any atom is 0.393 e. The predicted octanol–water partition coefficient (Wildman–Crippen LogP) is 3.95. The third kappa shape index (κ3) is 7.21. The molecule has 1 saturated carbocycles. The molecule has 5 heterocycles. The summed E-state index contributed by atoms with van der Waals surface area (Å²) in [6, 6.07) is 0.695. The smallest absolute Gasteiger partial charge is 0.355 e. The molecule has 2 aliphatic heterocycles. The van der Waals surface area contributed by atoms with Crippen LogP contribution in [0.2, 0.25) is 0 Å². The minimum Gasteiger partial charge on any atom is -0.355 e. The number of aromatic nitrogens is 6. The van der Waals surface area contributed by atoms with Gasteiger partial charge in [-0.15, -0.1) is 0 Å². The van der Waals surface area contributed by atoms with Crippen LogP contribution in [-0.4, -0.2) is 83.7 Å². The first-order chi connectivity index (χ1) is 22.1. The number of aryl methyl sites for hydroxylation is 1. The molecule has 3 fully saturated rings. The van der Waals surface area contributed by atoms with Crippen LogP contribution in [0.15, 0.2) is 18.5 Å². The lowest BCUT2D eigenvalue weighted by Gasteiger charge is -2.38. The number of alkyl halides is 7. The summed E-state index contributed by atoms with van der Waals surface area (Å²) < 4.78 is 98.8. The molecule has 3 atom stereocenters. The summed E-state index contributed by atoms with van der Waals surface area (Å²) in [5, 5.41) is 13.9. The fraction of sp³-hybridized carbons (Fsp3) is 0.655. The number of imidazole rings is 1. The molecular formula is C29H34F7N9O2. The third-order valence-electron chi connectivity index (χ3n) is 9.22. The van der Waals surface area contributed by atoms with Crippen molar-refractivity contribution in [3.8, 4) is 0 Å². The van der Waals surface area contributed by atoms with Crippen molar-refractivity contribution in [1.29, 1.82) is 0 Å². The molecule has 18 heteroatoms. The Morgan fingerprint density at radius 1 is 1.11 bits per heavy atom. The van der Waals surface area contributed by atoms with Gasteiger partial charge in [-0.1, -0.05) is 0 Å². The van der Waals surface area contributed by atoms with Crippen molar-refractivity contribution in [1.82, 2.24) is 44.9 Å². The molecule has 256 valence electrons. The second kappa shape index (κ2) is 12.3. The van der Waals surface area contributed by atoms with Crippen molar-refractivity contribution in [2.75, 3.05) is 19.6 Å². The molecule has 0 unspecified atom stereocenters. The Morgan fingerprint density at radius 2 is 1.83 bits per heavy atom. The number of likely N-dealkylation sites (tertiary alicyclic amines) is 1. The minimum atomic E-state index is -4.52. The van der Waals surface area contributed by atoms with Gasteiger partial charge in [0, 0.05) is 51.0 Å². The standard InChI is InChI=1S/C29H34F7N9O2/c1-2-44-22(5-8-38-44)25(47)41-23(16-3-6-27(30,31)7-4-16)21-13-45-26(40-21)39-20(12-43-14-28(32,33)15-43)19(42-45)10-17-9-18(29(34,35)36)11-37-24(17)46/h5,8,13,16-18,23H,2-4,6-7,9-12,14-15H2,1H3,(H,37,46)(H,41,47)/t17-,18-,23+/m1/s1. The van der Waals surface area contributed by atoms with Gasteiger partial charge in [0.2, 0.25) is 11.8 Å². The Hall–Kier alpha value is -3.83. The van der Waals surface area contributed by atoms with Crippen molar-refractivity contribution < 1.29 is 40.3 Å². The van der Waals surface area contributed by atoms with Gasteiger partial charge in [-0.3, -0.25) is 19.2 Å². The molecule has 3 aromatic rings. The first kappa shape index (κ1) is 33.1. The van der Waals surface area contributed by atoms with E-state index < -0.39 is 79.7 Å². The molecule has 3 aliphatic rings. The number of piperidine rings is 1. The molecular weight excluding hydrogens is 639 g/mol. The van der Waals surface area contributed by atoms with Crippen LogP contribution < -0.4 is 10.6 Å². The number of rotatable bonds is 9. The third-order valence-corrected chi connectivity index (χ3v) is 9.22. The zero-order valence-corrected chi connectivity index (χ0v) is 25.4. The molecule has 3 aromatic heterocycles. The molecule has 0 radical (unpaired) electrons. The van der Waals surface area contributed by atoms with Crippen LogP contribution >= 0.6 is 0 Å². The lowest BCUT2D eigenvalue weighted by Crippen LogP contribution is -2.55. The Balaban J connectivity index is 1.34. The lowest BCUT2D eigenvalue weighted by molar-refractivity contribution is -0.183. The number of hydrogen-bond donors (Lipinski definition) is 2. The monoisotopic (exact) mass is 673 g/mol. The number of carbonyl (C=O) groups is 2. The summed E-state index contributed by atoms with van der Waals surface area (Å²) >= 11 is 0. The molecule has 0 bridgehead atoms. The van der Waals surface area contributed by atoms with Gasteiger partial charge < -0.3 is 10.6 Å². The molecule has 47 heavy (non-hydrogen) atoms. The Kier molecular flexibility index (Phi) is 8.67. The van der Waals surface area contributed by atoms with Crippen molar-refractivity contribution in [2.45, 2.75) is 82.6 Å². The van der Waals surface area contributed by atoms with Gasteiger partial charge in [0.1, 0.15) is 5.69 Å². The zero-order chi connectivity index (χ0) is 33.7. The van der Waals surface area contributed by atoms with Gasteiger partial charge in [-0.05, 0) is 38.2 Å². The summed E-state index contributed by atoms with van der Waals surface area (Å²) in [7, 11) is 0. The largest absolute Gasteiger partial charge is 0.393 e. The molecule has 2 saturated heterocycles. The average Bonchev–Trinajstić information content (AvgIpc) is 3.62. The first-order valence-electron chi connectivity index (χ1n) is 15.5. The Labute approximate surface area is 264 Å². The van der Waals surface area contributed by atoms with E-state index in [1.54, 1.807) is 6.92 Å². The van der Waals surface area contributed by atoms with E-state index in [2.05, 4.69) is 30.8 Å². The van der Waals surface area contributed by atoms with Crippen molar-refractivity contribution in [3.63, 3.8) is 0 Å². The van der Waals surface area contributed by atoms with Crippen molar-refractivity contribution in [3.05, 3.63) is 41.2 Å². The van der Waals surface area contributed by atoms with Crippen LogP contribution in [-0.2, 0) is 24.3 Å². The van der Waals surface area contributed by atoms with Gasteiger partial charge in [0.25, 0.3) is 17.6 Å². The van der Waals surface area contributed by atoms with E-state index in [1.807, 2.05) is 0 Å². The minimum absolute atomic E-state index is 0.0197. The van der Waals surface area contributed by atoms with Gasteiger partial charge >= 0.3 is 6.18 Å². The van der Waals surface area contributed by atoms with E-state index in [0.29, 0.717) is 6.54 Å². The Bertz CT molecular complexity index is 1620. The highest BCUT2D eigenvalue weighted by Gasteiger charge is 2.46. The highest BCUT2D eigenvalue weighted by Crippen LogP contribution is 2.41. The topological polar surface area (TPSA) is 122 Å². The van der Waals surface area contributed by atoms with Gasteiger partial charge in [0.15, 0.2) is 0 Å². The molecule has 2 N–H and O–H groups in total. The van der Waals surface area contributed by atoms with Crippen LogP contribution in [0, 0.1) is 17.8 Å². The van der Waals surface area contributed by atoms with E-state index in [0.717, 1.165) is 0 Å². The quantitative estimate of drug-likeness (QED) is 0.330. The van der Waals surface area contributed by atoms with Crippen LogP contribution in [0.4, 0.5) is 30.7 Å². The SMILES string of the molecule is CCn1nccc1C(=O)N[C@H](c1cn2nc(C[C@H]3C[C@@H](C(F)(F)F)CNC3=O)c(CN3CC(F)(F)C3)nc2n1)C1CCC(F)(F)CC1. The van der Waals surface area contributed by atoms with Crippen molar-refractivity contribution >= 4 is 17.6 Å². The van der Waals surface area contributed by atoms with Crippen LogP contribution in [0.5, 0.6) is 0 Å². The van der Waals surface area contributed by atoms with Crippen LogP contribution in [0.3, 0.4) is 0 Å². The summed E-state index contributed by atoms with van der Waals surface area (Å²) in [5.41, 5.74) is 0.848. The van der Waals surface area contributed by atoms with E-state index in [9.17, 15) is 40.3 Å². The zero-order valence-electron chi connectivity index (χ0n) is 25.4. The normalized spacial score (nSPS) is 24.1. The maximum absolute atomic E-state index is 14.1.